The third-order valence-corrected chi connectivity index (χ3v) is 3.32. The maximum atomic E-state index is 12.9. The summed E-state index contributed by atoms with van der Waals surface area (Å²) in [5.41, 5.74) is -5.77. The molecule has 0 aliphatic heterocycles. The molecule has 19 heteroatoms. The molecule has 0 aromatic heterocycles. The lowest BCUT2D eigenvalue weighted by molar-refractivity contribution is -0.441. The van der Waals surface area contributed by atoms with Crippen LogP contribution >= 0.6 is 0 Å². The van der Waals surface area contributed by atoms with E-state index < -0.39 is 51.4 Å². The lowest BCUT2D eigenvalue weighted by Gasteiger charge is -2.39. The minimum atomic E-state index is -8.34. The Labute approximate surface area is 133 Å². The van der Waals surface area contributed by atoms with Gasteiger partial charge in [-0.05, 0) is 0 Å². The van der Waals surface area contributed by atoms with Gasteiger partial charge in [0, 0.05) is 0 Å². The van der Waals surface area contributed by atoms with Crippen LogP contribution in [0.15, 0.2) is 0 Å². The average Bonchev–Trinajstić information content (AvgIpc) is 2.34. The van der Waals surface area contributed by atoms with Crippen molar-refractivity contribution in [3.63, 3.8) is 0 Å². The number of hydrogen-bond acceptors (Lipinski definition) is 3. The summed E-state index contributed by atoms with van der Waals surface area (Å²) in [5.74, 6) is -40.3. The lowest BCUT2D eigenvalue weighted by Crippen LogP contribution is -2.71. The molecule has 0 saturated heterocycles. The third kappa shape index (κ3) is 3.51. The molecular formula is C7H5F14NO3S. The Hall–Kier alpha value is -1.11. The van der Waals surface area contributed by atoms with Crippen LogP contribution in [0.4, 0.5) is 61.5 Å². The van der Waals surface area contributed by atoms with E-state index in [-0.39, 0.29) is 6.15 Å². The molecule has 4 N–H and O–H groups in total. The largest absolute Gasteiger partial charge is 0.460 e. The standard InChI is InChI=1S/C7H2F14O3S.H3N/c8-1(25(22,23)24)2(9,10)3(11,12)4(13,14)5(15,16)6(17,18)7(19,20)21;/h1H,(H,22,23,24);1H3. The van der Waals surface area contributed by atoms with Crippen molar-refractivity contribution >= 4 is 10.1 Å². The van der Waals surface area contributed by atoms with Gasteiger partial charge in [-0.25, -0.2) is 4.39 Å². The van der Waals surface area contributed by atoms with Crippen molar-refractivity contribution < 1.29 is 74.4 Å². The van der Waals surface area contributed by atoms with Crippen LogP contribution < -0.4 is 6.15 Å². The highest BCUT2D eigenvalue weighted by molar-refractivity contribution is 7.86. The normalized spacial score (nSPS) is 16.9. The van der Waals surface area contributed by atoms with Gasteiger partial charge < -0.3 is 6.15 Å². The van der Waals surface area contributed by atoms with E-state index in [1.165, 1.54) is 0 Å². The van der Waals surface area contributed by atoms with E-state index in [2.05, 4.69) is 0 Å². The Morgan fingerprint density at radius 2 is 0.885 bits per heavy atom. The van der Waals surface area contributed by atoms with Crippen molar-refractivity contribution in [1.29, 1.82) is 0 Å². The Morgan fingerprint density at radius 3 is 1.12 bits per heavy atom. The molecule has 0 aliphatic carbocycles. The molecule has 4 nitrogen and oxygen atoms in total. The Balaban J connectivity index is 0. The van der Waals surface area contributed by atoms with Gasteiger partial charge in [0.15, 0.2) is 0 Å². The van der Waals surface area contributed by atoms with Crippen molar-refractivity contribution in [2.75, 3.05) is 0 Å². The van der Waals surface area contributed by atoms with Crippen LogP contribution in [0.2, 0.25) is 0 Å². The Morgan fingerprint density at radius 1 is 0.615 bits per heavy atom. The monoisotopic (exact) mass is 449 g/mol. The van der Waals surface area contributed by atoms with E-state index in [9.17, 15) is 69.9 Å². The van der Waals surface area contributed by atoms with E-state index in [0.29, 0.717) is 0 Å². The second-order valence-electron chi connectivity index (χ2n) is 4.25. The van der Waals surface area contributed by atoms with Crippen LogP contribution in [0.3, 0.4) is 0 Å². The van der Waals surface area contributed by atoms with Crippen LogP contribution in [0.1, 0.15) is 0 Å². The fourth-order valence-electron chi connectivity index (χ4n) is 1.11. The molecule has 0 bridgehead atoms. The molecule has 1 unspecified atom stereocenters. The maximum absolute atomic E-state index is 12.9. The summed E-state index contributed by atoms with van der Waals surface area (Å²) in [6, 6.07) is 0. The number of hydrogen-bond donors (Lipinski definition) is 2. The Bertz CT molecular complexity index is 611. The number of halogens is 14. The van der Waals surface area contributed by atoms with Gasteiger partial charge in [0.05, 0.1) is 0 Å². The summed E-state index contributed by atoms with van der Waals surface area (Å²) >= 11 is 0. The topological polar surface area (TPSA) is 89.4 Å². The first kappa shape index (κ1) is 27.1. The molecule has 26 heavy (non-hydrogen) atoms. The molecule has 0 aliphatic rings. The first-order valence-corrected chi connectivity index (χ1v) is 6.47. The minimum absolute atomic E-state index is 0. The molecule has 0 radical (unpaired) electrons. The van der Waals surface area contributed by atoms with Crippen molar-refractivity contribution in [3.05, 3.63) is 0 Å². The molecule has 0 rings (SSSR count). The molecular weight excluding hydrogens is 444 g/mol. The zero-order valence-electron chi connectivity index (χ0n) is 11.2. The Kier molecular flexibility index (Phi) is 6.78. The van der Waals surface area contributed by atoms with Crippen molar-refractivity contribution in [3.8, 4) is 0 Å². The van der Waals surface area contributed by atoms with Gasteiger partial charge in [0.25, 0.3) is 5.50 Å². The van der Waals surface area contributed by atoms with Gasteiger partial charge in [-0.1, -0.05) is 0 Å². The fraction of sp³-hybridized carbons (Fsp3) is 1.00. The van der Waals surface area contributed by atoms with Crippen LogP contribution in [-0.4, -0.2) is 54.3 Å². The molecule has 0 spiro atoms. The summed E-state index contributed by atoms with van der Waals surface area (Å²) in [6.07, 6.45) is -7.65. The zero-order valence-corrected chi connectivity index (χ0v) is 12.1. The fourth-order valence-corrected chi connectivity index (χ4v) is 1.63. The van der Waals surface area contributed by atoms with Crippen LogP contribution in [0.25, 0.3) is 0 Å². The molecule has 0 aromatic carbocycles. The second kappa shape index (κ2) is 6.50. The number of alkyl halides is 14. The second-order valence-corrected chi connectivity index (χ2v) is 5.69. The summed E-state index contributed by atoms with van der Waals surface area (Å²) in [5, 5.41) is 0. The average molecular weight is 449 g/mol. The molecule has 160 valence electrons. The van der Waals surface area contributed by atoms with Gasteiger partial charge in [-0.3, -0.25) is 4.55 Å². The van der Waals surface area contributed by atoms with Crippen LogP contribution in [-0.2, 0) is 10.1 Å². The van der Waals surface area contributed by atoms with E-state index in [1.54, 1.807) is 0 Å². The summed E-state index contributed by atoms with van der Waals surface area (Å²) in [7, 11) is -7.00. The summed E-state index contributed by atoms with van der Waals surface area (Å²) in [4.78, 5) is 0. The smallest absolute Gasteiger partial charge is 0.344 e. The third-order valence-electron chi connectivity index (χ3n) is 2.50. The van der Waals surface area contributed by atoms with Gasteiger partial charge in [0.2, 0.25) is 0 Å². The first-order chi connectivity index (χ1) is 10.4. The van der Waals surface area contributed by atoms with Gasteiger partial charge >= 0.3 is 45.9 Å². The zero-order chi connectivity index (χ0) is 21.1. The van der Waals surface area contributed by atoms with Crippen molar-refractivity contribution in [1.82, 2.24) is 6.15 Å². The van der Waals surface area contributed by atoms with Crippen LogP contribution in [0.5, 0.6) is 0 Å². The van der Waals surface area contributed by atoms with E-state index in [1.807, 2.05) is 0 Å². The molecule has 0 amide bonds. The van der Waals surface area contributed by atoms with Crippen LogP contribution in [0, 0.1) is 0 Å². The lowest BCUT2D eigenvalue weighted by atomic mass is 9.94. The van der Waals surface area contributed by atoms with Crippen molar-refractivity contribution in [2.24, 2.45) is 0 Å². The molecule has 0 heterocycles. The molecule has 0 fully saturated rings. The van der Waals surface area contributed by atoms with Gasteiger partial charge in [0.1, 0.15) is 0 Å². The SMILES string of the molecule is N.O=S(=O)(O)C(F)C(F)(F)C(F)(F)C(F)(F)C(F)(F)C(F)(F)C(F)(F)F. The highest BCUT2D eigenvalue weighted by atomic mass is 32.2. The predicted molar refractivity (Wildman–Crippen MR) is 52.3 cm³/mol. The van der Waals surface area contributed by atoms with E-state index >= 15 is 0 Å². The maximum Gasteiger partial charge on any atom is 0.460 e. The molecule has 0 saturated carbocycles. The van der Waals surface area contributed by atoms with Gasteiger partial charge in [-0.2, -0.15) is 65.5 Å². The van der Waals surface area contributed by atoms with E-state index in [4.69, 9.17) is 4.55 Å². The number of rotatable bonds is 6. The highest BCUT2D eigenvalue weighted by Gasteiger charge is 2.92. The summed E-state index contributed by atoms with van der Waals surface area (Å²) in [6.45, 7) is 0. The van der Waals surface area contributed by atoms with E-state index in [0.717, 1.165) is 0 Å². The minimum Gasteiger partial charge on any atom is -0.344 e. The molecule has 0 aromatic rings. The van der Waals surface area contributed by atoms with Crippen molar-refractivity contribution in [2.45, 2.75) is 41.3 Å². The molecule has 1 atom stereocenters. The quantitative estimate of drug-likeness (QED) is 0.473. The first-order valence-electron chi connectivity index (χ1n) is 4.97. The van der Waals surface area contributed by atoms with Gasteiger partial charge in [-0.15, -0.1) is 0 Å². The predicted octanol–water partition coefficient (Wildman–Crippen LogP) is 4.07. The highest BCUT2D eigenvalue weighted by Crippen LogP contribution is 2.61. The summed E-state index contributed by atoms with van der Waals surface area (Å²) < 4.78 is 202.